The quantitative estimate of drug-likeness (QED) is 0.432. The third kappa shape index (κ3) is 7.00. The second kappa shape index (κ2) is 11.8. The molecule has 3 aromatic rings. The molecule has 8 heteroatoms. The van der Waals surface area contributed by atoms with E-state index in [4.69, 9.17) is 9.47 Å². The van der Waals surface area contributed by atoms with E-state index in [-0.39, 0.29) is 12.3 Å². The number of pyridine rings is 1. The molecule has 0 fully saturated rings. The number of carbonyl (C=O) groups is 1. The number of carbonyl (C=O) groups excluding carboxylic acids is 1. The number of aromatic nitrogens is 2. The van der Waals surface area contributed by atoms with Gasteiger partial charge in [-0.05, 0) is 52.0 Å². The first-order chi connectivity index (χ1) is 15.9. The number of hydrogen-bond acceptors (Lipinski definition) is 7. The largest absolute Gasteiger partial charge is 0.493 e. The number of amides is 1. The smallest absolute Gasteiger partial charge is 0.230 e. The molecule has 0 aliphatic carbocycles. The molecular formula is C25H32N4O3S. The van der Waals surface area contributed by atoms with Crippen LogP contribution in [0, 0.1) is 0 Å². The molecule has 2 heterocycles. The van der Waals surface area contributed by atoms with Gasteiger partial charge in [-0.25, -0.2) is 4.98 Å². The summed E-state index contributed by atoms with van der Waals surface area (Å²) in [6, 6.07) is 10.1. The molecule has 0 spiro atoms. The monoisotopic (exact) mass is 468 g/mol. The van der Waals surface area contributed by atoms with Crippen molar-refractivity contribution in [2.24, 2.45) is 0 Å². The summed E-state index contributed by atoms with van der Waals surface area (Å²) in [6.07, 6.45) is 3.66. The van der Waals surface area contributed by atoms with Crippen LogP contribution in [0.25, 0.3) is 10.6 Å². The average molecular weight is 469 g/mol. The highest BCUT2D eigenvalue weighted by atomic mass is 32.1. The Morgan fingerprint density at radius 3 is 2.48 bits per heavy atom. The highest BCUT2D eigenvalue weighted by molar-refractivity contribution is 7.13. The molecule has 0 saturated heterocycles. The number of hydrogen-bond donors (Lipinski definition) is 1. The van der Waals surface area contributed by atoms with Crippen LogP contribution in [0.1, 0.15) is 33.4 Å². The van der Waals surface area contributed by atoms with Crippen molar-refractivity contribution >= 4 is 22.9 Å². The summed E-state index contributed by atoms with van der Waals surface area (Å²) in [4.78, 5) is 23.6. The number of benzene rings is 1. The molecule has 7 nitrogen and oxygen atoms in total. The number of nitrogens with one attached hydrogen (secondary N) is 1. The van der Waals surface area contributed by atoms with Crippen LogP contribution in [0.2, 0.25) is 0 Å². The van der Waals surface area contributed by atoms with E-state index in [0.29, 0.717) is 35.9 Å². The number of anilines is 1. The van der Waals surface area contributed by atoms with Crippen molar-refractivity contribution in [2.45, 2.75) is 46.2 Å². The topological polar surface area (TPSA) is 76.6 Å². The van der Waals surface area contributed by atoms with Gasteiger partial charge >= 0.3 is 0 Å². The maximum Gasteiger partial charge on any atom is 0.230 e. The first-order valence-corrected chi connectivity index (χ1v) is 12.0. The number of thiazole rings is 1. The summed E-state index contributed by atoms with van der Waals surface area (Å²) < 4.78 is 11.5. The molecule has 0 radical (unpaired) electrons. The molecule has 33 heavy (non-hydrogen) atoms. The zero-order valence-corrected chi connectivity index (χ0v) is 20.7. The van der Waals surface area contributed by atoms with Gasteiger partial charge in [-0.15, -0.1) is 11.3 Å². The summed E-state index contributed by atoms with van der Waals surface area (Å²) in [5, 5.41) is 5.72. The summed E-state index contributed by atoms with van der Waals surface area (Å²) in [5.41, 5.74) is 2.38. The Kier molecular flexibility index (Phi) is 8.79. The maximum absolute atomic E-state index is 12.6. The summed E-state index contributed by atoms with van der Waals surface area (Å²) in [5.74, 6) is 1.11. The first kappa shape index (κ1) is 24.7. The van der Waals surface area contributed by atoms with Gasteiger partial charge in [-0.2, -0.15) is 0 Å². The summed E-state index contributed by atoms with van der Waals surface area (Å²) >= 11 is 1.51. The van der Waals surface area contributed by atoms with Crippen molar-refractivity contribution in [1.82, 2.24) is 14.9 Å². The molecule has 0 atom stereocenters. The van der Waals surface area contributed by atoms with E-state index in [1.54, 1.807) is 31.6 Å². The Hall–Kier alpha value is -2.97. The van der Waals surface area contributed by atoms with Crippen molar-refractivity contribution in [3.63, 3.8) is 0 Å². The minimum atomic E-state index is -0.136. The van der Waals surface area contributed by atoms with E-state index in [0.717, 1.165) is 22.8 Å². The molecule has 176 valence electrons. The standard InChI is InChI=1S/C25H32N4O3S/c1-17(2)29(18(3)4)12-13-32-23-14-20(6-7-22(23)31-5)27-24(30)15-21-16-33-25(28-21)19-8-10-26-11-9-19/h6-11,14,16-18H,12-13,15H2,1-5H3,(H,27,30). The molecule has 0 aliphatic rings. The molecule has 0 saturated carbocycles. The van der Waals surface area contributed by atoms with Crippen LogP contribution in [0.15, 0.2) is 48.1 Å². The van der Waals surface area contributed by atoms with E-state index in [9.17, 15) is 4.79 Å². The van der Waals surface area contributed by atoms with Gasteiger partial charge in [0.2, 0.25) is 5.91 Å². The van der Waals surface area contributed by atoms with Crippen molar-refractivity contribution < 1.29 is 14.3 Å². The molecule has 1 amide bonds. The van der Waals surface area contributed by atoms with Gasteiger partial charge in [0.05, 0.1) is 19.2 Å². The fourth-order valence-corrected chi connectivity index (χ4v) is 4.45. The predicted octanol–water partition coefficient (Wildman–Crippen LogP) is 4.89. The average Bonchev–Trinajstić information content (AvgIpc) is 3.25. The zero-order chi connectivity index (χ0) is 23.8. The van der Waals surface area contributed by atoms with Gasteiger partial charge in [-0.3, -0.25) is 14.7 Å². The minimum absolute atomic E-state index is 0.136. The summed E-state index contributed by atoms with van der Waals surface area (Å²) in [7, 11) is 1.61. The molecular weight excluding hydrogens is 436 g/mol. The summed E-state index contributed by atoms with van der Waals surface area (Å²) in [6.45, 7) is 10.1. The van der Waals surface area contributed by atoms with E-state index >= 15 is 0 Å². The van der Waals surface area contributed by atoms with Crippen LogP contribution in [0.4, 0.5) is 5.69 Å². The van der Waals surface area contributed by atoms with Gasteiger partial charge in [0.1, 0.15) is 11.6 Å². The second-order valence-corrected chi connectivity index (χ2v) is 9.10. The normalized spacial score (nSPS) is 11.3. The fraction of sp³-hybridized carbons (Fsp3) is 0.400. The van der Waals surface area contributed by atoms with Crippen LogP contribution in [0.3, 0.4) is 0 Å². The maximum atomic E-state index is 12.6. The zero-order valence-electron chi connectivity index (χ0n) is 19.9. The molecule has 0 bridgehead atoms. The third-order valence-electron chi connectivity index (χ3n) is 5.20. The predicted molar refractivity (Wildman–Crippen MR) is 133 cm³/mol. The minimum Gasteiger partial charge on any atom is -0.493 e. The van der Waals surface area contributed by atoms with Gasteiger partial charge in [0.25, 0.3) is 0 Å². The Morgan fingerprint density at radius 1 is 1.09 bits per heavy atom. The molecule has 1 N–H and O–H groups in total. The second-order valence-electron chi connectivity index (χ2n) is 8.24. The van der Waals surface area contributed by atoms with Crippen molar-refractivity contribution in [3.05, 3.63) is 53.8 Å². The van der Waals surface area contributed by atoms with E-state index < -0.39 is 0 Å². The van der Waals surface area contributed by atoms with E-state index in [2.05, 4.69) is 47.9 Å². The number of nitrogens with zero attached hydrogens (tertiary/aromatic N) is 3. The van der Waals surface area contributed by atoms with E-state index in [1.165, 1.54) is 11.3 Å². The Balaban J connectivity index is 1.60. The van der Waals surface area contributed by atoms with Gasteiger partial charge < -0.3 is 14.8 Å². The molecule has 1 aromatic carbocycles. The number of rotatable bonds is 11. The lowest BCUT2D eigenvalue weighted by molar-refractivity contribution is -0.115. The van der Waals surface area contributed by atoms with Crippen molar-refractivity contribution in [2.75, 3.05) is 25.6 Å². The molecule has 2 aromatic heterocycles. The van der Waals surface area contributed by atoms with Crippen molar-refractivity contribution in [1.29, 1.82) is 0 Å². The Bertz CT molecular complexity index is 1030. The Morgan fingerprint density at radius 2 is 1.82 bits per heavy atom. The molecule has 0 unspecified atom stereocenters. The highest BCUT2D eigenvalue weighted by Gasteiger charge is 2.15. The van der Waals surface area contributed by atoms with Crippen LogP contribution >= 0.6 is 11.3 Å². The SMILES string of the molecule is COc1ccc(NC(=O)Cc2csc(-c3ccncc3)n2)cc1OCCN(C(C)C)C(C)C. The van der Waals surface area contributed by atoms with Crippen LogP contribution in [-0.2, 0) is 11.2 Å². The Labute approximate surface area is 199 Å². The van der Waals surface area contributed by atoms with Crippen LogP contribution < -0.4 is 14.8 Å². The van der Waals surface area contributed by atoms with Crippen LogP contribution in [-0.4, -0.2) is 53.1 Å². The lowest BCUT2D eigenvalue weighted by Gasteiger charge is -2.30. The molecule has 0 aliphatic heterocycles. The van der Waals surface area contributed by atoms with Crippen molar-refractivity contribution in [3.8, 4) is 22.1 Å². The van der Waals surface area contributed by atoms with E-state index in [1.807, 2.05) is 23.6 Å². The molecule has 3 rings (SSSR count). The lowest BCUT2D eigenvalue weighted by atomic mass is 10.2. The van der Waals surface area contributed by atoms with Gasteiger partial charge in [0.15, 0.2) is 11.5 Å². The lowest BCUT2D eigenvalue weighted by Crippen LogP contribution is -2.39. The van der Waals surface area contributed by atoms with Gasteiger partial charge in [0, 0.05) is 53.7 Å². The number of methoxy groups -OCH3 is 1. The number of ether oxygens (including phenoxy) is 2. The first-order valence-electron chi connectivity index (χ1n) is 11.1. The fourth-order valence-electron chi connectivity index (χ4n) is 3.63. The highest BCUT2D eigenvalue weighted by Crippen LogP contribution is 2.30. The third-order valence-corrected chi connectivity index (χ3v) is 6.14. The van der Waals surface area contributed by atoms with Crippen LogP contribution in [0.5, 0.6) is 11.5 Å². The van der Waals surface area contributed by atoms with Gasteiger partial charge in [-0.1, -0.05) is 0 Å².